The third-order valence-corrected chi connectivity index (χ3v) is 6.94. The SMILES string of the molecule is CC(C)CCCCCC(=O)N[C@H](C(=O)C[C@@H](CCCNC(N)=O)C(=O)Nc1ccc(COC(=O)C(C)C)cc1)C(C)C. The van der Waals surface area contributed by atoms with Gasteiger partial charge in [-0.1, -0.05) is 72.9 Å². The quantitative estimate of drug-likeness (QED) is 0.123. The number of nitrogens with one attached hydrogen (secondary N) is 3. The topological polar surface area (TPSA) is 157 Å². The van der Waals surface area contributed by atoms with Crippen LogP contribution in [0.2, 0.25) is 0 Å². The second-order valence-corrected chi connectivity index (χ2v) is 12.0. The first-order chi connectivity index (χ1) is 19.8. The molecule has 0 saturated carbocycles. The van der Waals surface area contributed by atoms with Gasteiger partial charge in [-0.3, -0.25) is 19.2 Å². The summed E-state index contributed by atoms with van der Waals surface area (Å²) in [5, 5.41) is 8.27. The first-order valence-corrected chi connectivity index (χ1v) is 15.2. The zero-order valence-corrected chi connectivity index (χ0v) is 26.3. The lowest BCUT2D eigenvalue weighted by Gasteiger charge is -2.24. The van der Waals surface area contributed by atoms with E-state index in [2.05, 4.69) is 29.8 Å². The van der Waals surface area contributed by atoms with Crippen LogP contribution in [-0.4, -0.2) is 42.2 Å². The van der Waals surface area contributed by atoms with E-state index < -0.39 is 18.0 Å². The summed E-state index contributed by atoms with van der Waals surface area (Å²) in [6, 6.07) is 5.59. The fourth-order valence-electron chi connectivity index (χ4n) is 4.38. The van der Waals surface area contributed by atoms with Crippen LogP contribution in [-0.2, 0) is 30.5 Å². The van der Waals surface area contributed by atoms with Crippen molar-refractivity contribution in [3.63, 3.8) is 0 Å². The Balaban J connectivity index is 2.83. The molecular formula is C32H52N4O6. The van der Waals surface area contributed by atoms with Gasteiger partial charge >= 0.3 is 12.0 Å². The second kappa shape index (κ2) is 19.6. The molecule has 2 atom stereocenters. The molecule has 0 bridgehead atoms. The number of rotatable bonds is 20. The molecule has 42 heavy (non-hydrogen) atoms. The lowest BCUT2D eigenvalue weighted by molar-refractivity contribution is -0.148. The van der Waals surface area contributed by atoms with Crippen LogP contribution in [0, 0.1) is 23.7 Å². The number of amides is 4. The lowest BCUT2D eigenvalue weighted by atomic mass is 9.89. The number of ketones is 1. The number of anilines is 1. The average Bonchev–Trinajstić information content (AvgIpc) is 2.91. The van der Waals surface area contributed by atoms with Gasteiger partial charge in [-0.25, -0.2) is 4.79 Å². The molecule has 0 saturated heterocycles. The predicted molar refractivity (Wildman–Crippen MR) is 164 cm³/mol. The van der Waals surface area contributed by atoms with Gasteiger partial charge in [0.2, 0.25) is 11.8 Å². The van der Waals surface area contributed by atoms with Crippen LogP contribution in [0.25, 0.3) is 0 Å². The fraction of sp³-hybridized carbons (Fsp3) is 0.656. The number of Topliss-reactive ketones (excluding diaryl/α,β-unsaturated/α-hetero) is 1. The number of nitrogens with two attached hydrogens (primary N) is 1. The maximum atomic E-state index is 13.4. The number of ether oxygens (including phenoxy) is 1. The summed E-state index contributed by atoms with van der Waals surface area (Å²) in [6.07, 6.45) is 5.05. The van der Waals surface area contributed by atoms with Crippen molar-refractivity contribution < 1.29 is 28.7 Å². The molecule has 5 N–H and O–H groups in total. The van der Waals surface area contributed by atoms with Crippen molar-refractivity contribution in [3.05, 3.63) is 29.8 Å². The highest BCUT2D eigenvalue weighted by molar-refractivity contribution is 5.97. The number of hydrogen-bond acceptors (Lipinski definition) is 6. The number of unbranched alkanes of at least 4 members (excludes halogenated alkanes) is 2. The van der Waals surface area contributed by atoms with Gasteiger partial charge in [0, 0.05) is 31.0 Å². The molecule has 0 aliphatic carbocycles. The molecule has 4 amide bonds. The van der Waals surface area contributed by atoms with Crippen molar-refractivity contribution in [2.24, 2.45) is 29.4 Å². The van der Waals surface area contributed by atoms with Crippen LogP contribution in [0.1, 0.15) is 98.5 Å². The molecule has 0 unspecified atom stereocenters. The Morgan fingerprint density at radius 1 is 0.857 bits per heavy atom. The van der Waals surface area contributed by atoms with E-state index >= 15 is 0 Å². The number of carbonyl (C=O) groups excluding carboxylic acids is 5. The van der Waals surface area contributed by atoms with E-state index in [0.717, 1.165) is 31.2 Å². The Morgan fingerprint density at radius 3 is 2.10 bits per heavy atom. The normalized spacial score (nSPS) is 12.6. The fourth-order valence-corrected chi connectivity index (χ4v) is 4.38. The van der Waals surface area contributed by atoms with E-state index in [4.69, 9.17) is 10.5 Å². The minimum Gasteiger partial charge on any atom is -0.461 e. The van der Waals surface area contributed by atoms with Crippen molar-refractivity contribution in [2.45, 2.75) is 106 Å². The molecule has 0 spiro atoms. The molecule has 0 heterocycles. The highest BCUT2D eigenvalue weighted by Gasteiger charge is 2.29. The molecule has 0 aromatic heterocycles. The Bertz CT molecular complexity index is 1010. The molecule has 1 aromatic rings. The summed E-state index contributed by atoms with van der Waals surface area (Å²) in [6.45, 7) is 12.0. The Labute approximate surface area is 251 Å². The number of urea groups is 1. The van der Waals surface area contributed by atoms with Crippen LogP contribution < -0.4 is 21.7 Å². The first-order valence-electron chi connectivity index (χ1n) is 15.2. The number of primary amides is 1. The zero-order valence-electron chi connectivity index (χ0n) is 26.3. The largest absolute Gasteiger partial charge is 0.461 e. The highest BCUT2D eigenvalue weighted by atomic mass is 16.5. The second-order valence-electron chi connectivity index (χ2n) is 12.0. The van der Waals surface area contributed by atoms with E-state index in [-0.39, 0.29) is 55.0 Å². The van der Waals surface area contributed by atoms with Crippen molar-refractivity contribution in [2.75, 3.05) is 11.9 Å². The summed E-state index contributed by atoms with van der Waals surface area (Å²) < 4.78 is 5.24. The van der Waals surface area contributed by atoms with Crippen LogP contribution in [0.5, 0.6) is 0 Å². The molecule has 0 fully saturated rings. The average molecular weight is 589 g/mol. The van der Waals surface area contributed by atoms with Gasteiger partial charge in [0.05, 0.1) is 12.0 Å². The number of hydrogen-bond donors (Lipinski definition) is 4. The number of esters is 1. The Kier molecular flexibility index (Phi) is 17.1. The van der Waals surface area contributed by atoms with Crippen LogP contribution >= 0.6 is 0 Å². The van der Waals surface area contributed by atoms with Crippen LogP contribution in [0.4, 0.5) is 10.5 Å². The summed E-state index contributed by atoms with van der Waals surface area (Å²) in [5.41, 5.74) is 6.47. The number of carbonyl (C=O) groups is 5. The monoisotopic (exact) mass is 588 g/mol. The highest BCUT2D eigenvalue weighted by Crippen LogP contribution is 2.20. The van der Waals surface area contributed by atoms with Crippen molar-refractivity contribution in [1.82, 2.24) is 10.6 Å². The molecule has 10 heteroatoms. The molecule has 1 aromatic carbocycles. The van der Waals surface area contributed by atoms with Crippen molar-refractivity contribution in [1.29, 1.82) is 0 Å². The van der Waals surface area contributed by atoms with Gasteiger partial charge < -0.3 is 26.4 Å². The van der Waals surface area contributed by atoms with Crippen LogP contribution in [0.15, 0.2) is 24.3 Å². The van der Waals surface area contributed by atoms with Crippen molar-refractivity contribution >= 4 is 35.3 Å². The zero-order chi connectivity index (χ0) is 31.7. The van der Waals surface area contributed by atoms with Gasteiger partial charge in [0.1, 0.15) is 6.61 Å². The smallest absolute Gasteiger partial charge is 0.312 e. The molecule has 236 valence electrons. The molecule has 10 nitrogen and oxygen atoms in total. The lowest BCUT2D eigenvalue weighted by Crippen LogP contribution is -2.45. The van der Waals surface area contributed by atoms with E-state index in [1.54, 1.807) is 38.1 Å². The third-order valence-electron chi connectivity index (χ3n) is 6.94. The predicted octanol–water partition coefficient (Wildman–Crippen LogP) is 5.10. The van der Waals surface area contributed by atoms with E-state index in [1.807, 2.05) is 13.8 Å². The molecule has 0 aliphatic rings. The van der Waals surface area contributed by atoms with E-state index in [9.17, 15) is 24.0 Å². The molecule has 0 aliphatic heterocycles. The minimum atomic E-state index is -0.694. The van der Waals surface area contributed by atoms with E-state index in [1.165, 1.54) is 0 Å². The van der Waals surface area contributed by atoms with Gasteiger partial charge in [-0.05, 0) is 48.8 Å². The summed E-state index contributed by atoms with van der Waals surface area (Å²) in [5.74, 6) is -1.37. The molecular weight excluding hydrogens is 536 g/mol. The molecule has 1 rings (SSSR count). The van der Waals surface area contributed by atoms with Gasteiger partial charge in [0.25, 0.3) is 0 Å². The van der Waals surface area contributed by atoms with Gasteiger partial charge in [-0.15, -0.1) is 0 Å². The molecule has 0 radical (unpaired) electrons. The van der Waals surface area contributed by atoms with Gasteiger partial charge in [0.15, 0.2) is 5.78 Å². The van der Waals surface area contributed by atoms with Crippen molar-refractivity contribution in [3.8, 4) is 0 Å². The summed E-state index contributed by atoms with van der Waals surface area (Å²) >= 11 is 0. The maximum Gasteiger partial charge on any atom is 0.312 e. The Morgan fingerprint density at radius 2 is 1.52 bits per heavy atom. The summed E-state index contributed by atoms with van der Waals surface area (Å²) in [7, 11) is 0. The Hall–Kier alpha value is -3.43. The first kappa shape index (κ1) is 36.6. The van der Waals surface area contributed by atoms with Gasteiger partial charge in [-0.2, -0.15) is 0 Å². The van der Waals surface area contributed by atoms with Crippen LogP contribution in [0.3, 0.4) is 0 Å². The summed E-state index contributed by atoms with van der Waals surface area (Å²) in [4.78, 5) is 62.1. The third kappa shape index (κ3) is 15.5. The standard InChI is InChI=1S/C32H52N4O6/c1-21(2)11-8-7-9-13-28(38)36-29(22(3)4)27(37)19-25(12-10-18-34-32(33)41)30(39)35-26-16-14-24(15-17-26)20-42-31(40)23(5)6/h14-17,21-23,25,29H,7-13,18-20H2,1-6H3,(H,35,39)(H,36,38)(H3,33,34,41)/t25-,29+/m1/s1. The number of benzene rings is 1. The maximum absolute atomic E-state index is 13.4. The van der Waals surface area contributed by atoms with E-state index in [0.29, 0.717) is 30.9 Å². The minimum absolute atomic E-state index is 0.0524.